The van der Waals surface area contributed by atoms with Gasteiger partial charge in [-0.3, -0.25) is 0 Å². The first-order valence-corrected chi connectivity index (χ1v) is 9.82. The zero-order valence-electron chi connectivity index (χ0n) is 17.4. The molecule has 0 unspecified atom stereocenters. The van der Waals surface area contributed by atoms with Crippen LogP contribution in [0.3, 0.4) is 0 Å². The first-order valence-electron chi connectivity index (χ1n) is 9.04. The summed E-state index contributed by atoms with van der Waals surface area (Å²) in [5.74, 6) is 0.328. The van der Waals surface area contributed by atoms with Gasteiger partial charge in [-0.15, -0.1) is 0 Å². The summed E-state index contributed by atoms with van der Waals surface area (Å²) in [5.41, 5.74) is 12.8. The van der Waals surface area contributed by atoms with Gasteiger partial charge in [-0.1, -0.05) is 0 Å². The first kappa shape index (κ1) is 27.5. The quantitative estimate of drug-likeness (QED) is 0.440. The summed E-state index contributed by atoms with van der Waals surface area (Å²) in [7, 11) is 0. The average Bonchev–Trinajstić information content (AvgIpc) is 2.72. The Morgan fingerprint density at radius 2 is 1.00 bits per heavy atom. The van der Waals surface area contributed by atoms with Crippen LogP contribution in [0.15, 0.2) is 57.0 Å². The maximum Gasteiger partial charge on any atom is -1.00 e. The van der Waals surface area contributed by atoms with Gasteiger partial charge in [0, 0.05) is 0 Å². The number of allylic oxidation sites excluding steroid dienone is 4. The molecule has 148 valence electrons. The number of rotatable bonds is 3. The third-order valence-electron chi connectivity index (χ3n) is 5.20. The maximum atomic E-state index is 2.37. The van der Waals surface area contributed by atoms with Crippen LogP contribution in [0.25, 0.3) is 0 Å². The summed E-state index contributed by atoms with van der Waals surface area (Å²) in [5, 5.41) is 0. The smallest absolute Gasteiger partial charge is 1.00 e. The van der Waals surface area contributed by atoms with Crippen LogP contribution in [0, 0.1) is 27.7 Å². The van der Waals surface area contributed by atoms with E-state index >= 15 is 0 Å². The predicted octanol–water partition coefficient (Wildman–Crippen LogP) is -2.39. The van der Waals surface area contributed by atoms with Crippen LogP contribution in [0.2, 0.25) is 0 Å². The van der Waals surface area contributed by atoms with E-state index in [1.807, 2.05) is 0 Å². The fourth-order valence-corrected chi connectivity index (χ4v) is 4.94. The van der Waals surface area contributed by atoms with Crippen molar-refractivity contribution in [2.24, 2.45) is 0 Å². The number of benzene rings is 2. The fraction of sp³-hybridized carbons (Fsp3) is 0.333. The molecule has 2 aromatic carbocycles. The molecule has 0 amide bonds. The molecule has 0 N–H and O–H groups in total. The number of halogens is 3. The molecule has 2 aromatic rings. The van der Waals surface area contributed by atoms with E-state index in [9.17, 15) is 0 Å². The zero-order valence-corrected chi connectivity index (χ0v) is 21.2. The second-order valence-corrected chi connectivity index (χ2v) is 8.69. The van der Waals surface area contributed by atoms with E-state index in [1.165, 1.54) is 54.0 Å². The molecule has 0 bridgehead atoms. The molecule has 0 saturated carbocycles. The monoisotopic (exact) mass is 468 g/mol. The first-order chi connectivity index (χ1) is 11.8. The number of aryl methyl sites for hydroxylation is 4. The van der Waals surface area contributed by atoms with Crippen LogP contribution in [-0.4, -0.2) is 0 Å². The minimum Gasteiger partial charge on any atom is -1.00 e. The molecule has 0 saturated heterocycles. The van der Waals surface area contributed by atoms with E-state index in [0.29, 0.717) is 5.92 Å². The molecule has 0 spiro atoms. The van der Waals surface area contributed by atoms with Crippen molar-refractivity contribution in [3.05, 3.63) is 90.4 Å². The van der Waals surface area contributed by atoms with Crippen LogP contribution >= 0.6 is 0 Å². The van der Waals surface area contributed by atoms with Gasteiger partial charge in [0.05, 0.1) is 0 Å². The summed E-state index contributed by atoms with van der Waals surface area (Å²) in [6.07, 6.45) is 1.12. The van der Waals surface area contributed by atoms with Gasteiger partial charge in [-0.05, 0) is 0 Å². The predicted molar refractivity (Wildman–Crippen MR) is 104 cm³/mol. The summed E-state index contributed by atoms with van der Waals surface area (Å²) in [6.45, 7) is 13.4. The second kappa shape index (κ2) is 11.0. The van der Waals surface area contributed by atoms with Gasteiger partial charge in [0.25, 0.3) is 0 Å². The van der Waals surface area contributed by atoms with Gasteiger partial charge in [-0.25, -0.2) is 0 Å². The van der Waals surface area contributed by atoms with E-state index in [-0.39, 0.29) is 37.2 Å². The summed E-state index contributed by atoms with van der Waals surface area (Å²) in [4.78, 5) is 0. The Morgan fingerprint density at radius 3 is 1.29 bits per heavy atom. The Labute approximate surface area is 200 Å². The Hall–Kier alpha value is -0.496. The van der Waals surface area contributed by atoms with Crippen LogP contribution in [0.1, 0.15) is 59.6 Å². The largest absolute Gasteiger partial charge is 1.00 e. The molecule has 0 heterocycles. The van der Waals surface area contributed by atoms with Gasteiger partial charge < -0.3 is 37.2 Å². The molecular formula is C24H27Cl3Ti. The van der Waals surface area contributed by atoms with Crippen molar-refractivity contribution in [2.75, 3.05) is 0 Å². The van der Waals surface area contributed by atoms with Gasteiger partial charge in [0.1, 0.15) is 0 Å². The van der Waals surface area contributed by atoms with Crippen molar-refractivity contribution >= 4 is 0 Å². The standard InChI is InChI=1S/C24H27.3ClH.Ti/c1-15-9-16(2)12-21(11-15)24(23-19(5)7-8-20(23)6)22-13-17(3)10-18(4)14-22;;;;/h9-14,24H,7H2,1-6H3;3*1H;/q;;;;+3/p-3. The van der Waals surface area contributed by atoms with Gasteiger partial charge in [0.2, 0.25) is 0 Å². The van der Waals surface area contributed by atoms with E-state index in [1.54, 1.807) is 0 Å². The zero-order chi connectivity index (χ0) is 18.3. The maximum absolute atomic E-state index is 2.37. The normalized spacial score (nSPS) is 13.3. The van der Waals surface area contributed by atoms with E-state index in [2.05, 4.69) is 98.4 Å². The molecule has 0 nitrogen and oxygen atoms in total. The molecule has 1 aliphatic carbocycles. The molecule has 3 rings (SSSR count). The van der Waals surface area contributed by atoms with Crippen LogP contribution in [0.4, 0.5) is 0 Å². The van der Waals surface area contributed by atoms with Crippen molar-refractivity contribution in [1.29, 1.82) is 0 Å². The molecule has 0 atom stereocenters. The van der Waals surface area contributed by atoms with E-state index in [0.717, 1.165) is 6.42 Å². The molecular weight excluding hydrogens is 442 g/mol. The third-order valence-corrected chi connectivity index (χ3v) is 6.06. The fourth-order valence-electron chi connectivity index (χ4n) is 4.32. The SMILES string of the molecule is CC1=C(C(c2cc(C)cc(C)c2)c2cc(C)cc(C)c2)C(C)=[C]([Ti+3])C1.[Cl-].[Cl-].[Cl-]. The topological polar surface area (TPSA) is 0 Å². The number of hydrogen-bond donors (Lipinski definition) is 0. The Bertz CT molecular complexity index is 818. The molecule has 28 heavy (non-hydrogen) atoms. The minimum absolute atomic E-state index is 0. The van der Waals surface area contributed by atoms with Gasteiger partial charge in [-0.2, -0.15) is 0 Å². The summed E-state index contributed by atoms with van der Waals surface area (Å²) < 4.78 is 1.52. The minimum atomic E-state index is 0. The Kier molecular flexibility index (Phi) is 10.9. The second-order valence-electron chi connectivity index (χ2n) is 7.75. The van der Waals surface area contributed by atoms with Gasteiger partial charge in [0.15, 0.2) is 0 Å². The summed E-state index contributed by atoms with van der Waals surface area (Å²) >= 11 is 2.28. The van der Waals surface area contributed by atoms with Crippen molar-refractivity contribution in [1.82, 2.24) is 0 Å². The molecule has 0 aliphatic heterocycles. The molecule has 0 fully saturated rings. The van der Waals surface area contributed by atoms with Gasteiger partial charge >= 0.3 is 165 Å². The van der Waals surface area contributed by atoms with Crippen molar-refractivity contribution in [2.45, 2.75) is 53.9 Å². The van der Waals surface area contributed by atoms with Crippen molar-refractivity contribution in [3.63, 3.8) is 0 Å². The van der Waals surface area contributed by atoms with Crippen molar-refractivity contribution in [3.8, 4) is 0 Å². The Morgan fingerprint density at radius 1 is 0.643 bits per heavy atom. The van der Waals surface area contributed by atoms with Crippen LogP contribution < -0.4 is 37.2 Å². The van der Waals surface area contributed by atoms with E-state index < -0.39 is 0 Å². The van der Waals surface area contributed by atoms with Crippen LogP contribution in [-0.2, 0) is 20.4 Å². The molecule has 0 aromatic heterocycles. The molecule has 1 aliphatic rings. The average molecular weight is 470 g/mol. The third kappa shape index (κ3) is 5.77. The number of hydrogen-bond acceptors (Lipinski definition) is 0. The van der Waals surface area contributed by atoms with Crippen molar-refractivity contribution < 1.29 is 57.7 Å². The molecule has 4 heteroatoms. The summed E-state index contributed by atoms with van der Waals surface area (Å²) in [6, 6.07) is 14.0. The Balaban J connectivity index is 0.00000243. The molecule has 0 radical (unpaired) electrons. The van der Waals surface area contributed by atoms with E-state index in [4.69, 9.17) is 0 Å². The van der Waals surface area contributed by atoms with Crippen LogP contribution in [0.5, 0.6) is 0 Å².